The van der Waals surface area contributed by atoms with Gasteiger partial charge < -0.3 is 38.6 Å². The second kappa shape index (κ2) is 19.7. The molecule has 0 aliphatic carbocycles. The van der Waals surface area contributed by atoms with Crippen molar-refractivity contribution in [3.63, 3.8) is 0 Å². The van der Waals surface area contributed by atoms with Crippen molar-refractivity contribution in [2.24, 2.45) is 5.92 Å². The molecule has 1 aliphatic rings. The number of nitrogens with one attached hydrogen (secondary N) is 1. The first kappa shape index (κ1) is 44.2. The van der Waals surface area contributed by atoms with E-state index in [9.17, 15) is 19.2 Å². The summed E-state index contributed by atoms with van der Waals surface area (Å²) in [5, 5.41) is 3.39. The third-order valence-corrected chi connectivity index (χ3v) is 10.0. The molecule has 1 N–H and O–H groups in total. The Bertz CT molecular complexity index is 2110. The van der Waals surface area contributed by atoms with Crippen molar-refractivity contribution in [3.05, 3.63) is 112 Å². The number of rotatable bonds is 15. The van der Waals surface area contributed by atoms with Gasteiger partial charge in [-0.3, -0.25) is 14.5 Å². The van der Waals surface area contributed by atoms with E-state index in [0.717, 1.165) is 10.5 Å². The lowest BCUT2D eigenvalue weighted by Crippen LogP contribution is -2.48. The van der Waals surface area contributed by atoms with Crippen LogP contribution in [0, 0.1) is 5.92 Å². The van der Waals surface area contributed by atoms with Crippen LogP contribution in [0.1, 0.15) is 72.8 Å². The normalized spacial score (nSPS) is 14.9. The molecule has 4 aromatic carbocycles. The first-order valence-corrected chi connectivity index (χ1v) is 19.6. The van der Waals surface area contributed by atoms with E-state index in [0.29, 0.717) is 56.9 Å². The summed E-state index contributed by atoms with van der Waals surface area (Å²) in [5.74, 6) is -0.395. The summed E-state index contributed by atoms with van der Waals surface area (Å²) in [6.07, 6.45) is 0.486. The van der Waals surface area contributed by atoms with Crippen LogP contribution < -0.4 is 29.0 Å². The minimum atomic E-state index is -0.894. The number of nitrogens with zero attached hydrogens (tertiary/aromatic N) is 2. The van der Waals surface area contributed by atoms with E-state index in [1.807, 2.05) is 37.3 Å². The summed E-state index contributed by atoms with van der Waals surface area (Å²) in [5.41, 5.74) is 2.06. The highest BCUT2D eigenvalue weighted by molar-refractivity contribution is 6.30. The van der Waals surface area contributed by atoms with E-state index in [4.69, 9.17) is 40.0 Å². The van der Waals surface area contributed by atoms with Gasteiger partial charge in [-0.05, 0) is 80.6 Å². The number of ether oxygens (including phenoxy) is 6. The van der Waals surface area contributed by atoms with Crippen LogP contribution in [-0.4, -0.2) is 80.7 Å². The van der Waals surface area contributed by atoms with E-state index >= 15 is 0 Å². The molecule has 0 radical (unpaired) electrons. The number of hydrogen-bond donors (Lipinski definition) is 1. The summed E-state index contributed by atoms with van der Waals surface area (Å²) in [7, 11) is 6.03. The number of urea groups is 1. The highest BCUT2D eigenvalue weighted by Gasteiger charge is 2.39. The SMILES string of the molecule is CC[C@@H](NC(=O)N1CC(=O)N(Cc2c(OC)cc(OC)cc2OC)C[C@@H](Cc2cc(Cl)ccc2OC)C1=O)c1ccc(OCc2ccccc2)c(C(=O)OC(C)(C)C)c1. The van der Waals surface area contributed by atoms with Crippen LogP contribution in [0.3, 0.4) is 0 Å². The van der Waals surface area contributed by atoms with Crippen molar-refractivity contribution in [3.8, 4) is 28.7 Å². The lowest BCUT2D eigenvalue weighted by atomic mass is 9.96. The average Bonchev–Trinajstić information content (AvgIpc) is 3.33. The number of carbonyl (C=O) groups excluding carboxylic acids is 4. The Balaban J connectivity index is 1.47. The maximum atomic E-state index is 14.5. The molecule has 0 unspecified atom stereocenters. The molecule has 2 atom stereocenters. The second-order valence-electron chi connectivity index (χ2n) is 15.0. The van der Waals surface area contributed by atoms with Gasteiger partial charge in [0.2, 0.25) is 11.8 Å². The van der Waals surface area contributed by atoms with Crippen LogP contribution in [0.25, 0.3) is 0 Å². The summed E-state index contributed by atoms with van der Waals surface area (Å²) in [6.45, 7) is 6.81. The molecule has 0 bridgehead atoms. The molecule has 4 amide bonds. The smallest absolute Gasteiger partial charge is 0.342 e. The largest absolute Gasteiger partial charge is 0.496 e. The fourth-order valence-electron chi connectivity index (χ4n) is 6.82. The first-order valence-electron chi connectivity index (χ1n) is 19.2. The number of imide groups is 1. The molecule has 5 rings (SSSR count). The molecule has 1 fully saturated rings. The Morgan fingerprint density at radius 3 is 2.12 bits per heavy atom. The highest BCUT2D eigenvalue weighted by Crippen LogP contribution is 2.36. The van der Waals surface area contributed by atoms with Crippen LogP contribution >= 0.6 is 11.6 Å². The molecule has 14 heteroatoms. The number of methoxy groups -OCH3 is 4. The van der Waals surface area contributed by atoms with E-state index in [2.05, 4.69) is 5.32 Å². The number of halogens is 1. The van der Waals surface area contributed by atoms with Gasteiger partial charge in [0.15, 0.2) is 0 Å². The van der Waals surface area contributed by atoms with Crippen molar-refractivity contribution in [1.29, 1.82) is 0 Å². The summed E-state index contributed by atoms with van der Waals surface area (Å²) in [6, 6.07) is 21.6. The Morgan fingerprint density at radius 2 is 1.51 bits per heavy atom. The van der Waals surface area contributed by atoms with E-state index in [1.165, 1.54) is 33.3 Å². The quantitative estimate of drug-likeness (QED) is 0.118. The van der Waals surface area contributed by atoms with Gasteiger partial charge in [0.1, 0.15) is 53.1 Å². The lowest BCUT2D eigenvalue weighted by Gasteiger charge is -2.26. The molecule has 0 spiro atoms. The summed E-state index contributed by atoms with van der Waals surface area (Å²) >= 11 is 6.38. The second-order valence-corrected chi connectivity index (χ2v) is 15.4. The molecule has 1 saturated heterocycles. The predicted molar refractivity (Wildman–Crippen MR) is 222 cm³/mol. The van der Waals surface area contributed by atoms with Crippen molar-refractivity contribution in [2.75, 3.05) is 41.5 Å². The monoisotopic (exact) mass is 829 g/mol. The number of carbonyl (C=O) groups is 4. The number of hydrogen-bond acceptors (Lipinski definition) is 10. The number of esters is 1. The molecular formula is C45H52ClN3O10. The van der Waals surface area contributed by atoms with Gasteiger partial charge in [0, 0.05) is 23.7 Å². The van der Waals surface area contributed by atoms with Gasteiger partial charge in [0.25, 0.3) is 0 Å². The zero-order chi connectivity index (χ0) is 42.9. The van der Waals surface area contributed by atoms with Gasteiger partial charge >= 0.3 is 12.0 Å². The van der Waals surface area contributed by atoms with Crippen molar-refractivity contribution >= 4 is 35.4 Å². The van der Waals surface area contributed by atoms with E-state index in [-0.39, 0.29) is 31.7 Å². The number of benzene rings is 4. The molecule has 13 nitrogen and oxygen atoms in total. The molecule has 0 aromatic heterocycles. The zero-order valence-electron chi connectivity index (χ0n) is 34.8. The third kappa shape index (κ3) is 11.2. The lowest BCUT2D eigenvalue weighted by molar-refractivity contribution is -0.135. The molecule has 1 aliphatic heterocycles. The minimum Gasteiger partial charge on any atom is -0.496 e. The molecule has 0 saturated carbocycles. The van der Waals surface area contributed by atoms with Crippen LogP contribution in [0.2, 0.25) is 5.02 Å². The van der Waals surface area contributed by atoms with Gasteiger partial charge in [0.05, 0.1) is 52.5 Å². The van der Waals surface area contributed by atoms with Crippen LogP contribution in [0.4, 0.5) is 4.79 Å². The molecule has 59 heavy (non-hydrogen) atoms. The minimum absolute atomic E-state index is 0.00478. The van der Waals surface area contributed by atoms with Crippen molar-refractivity contribution < 1.29 is 47.6 Å². The van der Waals surface area contributed by atoms with Crippen LogP contribution in [0.5, 0.6) is 28.7 Å². The van der Waals surface area contributed by atoms with E-state index < -0.39 is 47.9 Å². The standard InChI is InChI=1S/C45H52ClN3O10/c1-9-36(29-15-17-38(58-27-28-13-11-10-12-14-28)34(21-29)43(52)59-45(2,3)4)47-44(53)49-26-41(50)48(25-35-39(56-7)22-33(54-5)23-40(35)57-8)24-31(42(49)51)19-30-20-32(46)16-18-37(30)55-6/h10-18,20-23,31,36H,9,19,24-27H2,1-8H3,(H,47,53)/t31-,36-/m1/s1. The van der Waals surface area contributed by atoms with Gasteiger partial charge in [-0.25, -0.2) is 9.59 Å². The molecular weight excluding hydrogens is 778 g/mol. The Morgan fingerprint density at radius 1 is 0.847 bits per heavy atom. The van der Waals surface area contributed by atoms with E-state index in [1.54, 1.807) is 69.3 Å². The fraction of sp³-hybridized carbons (Fsp3) is 0.378. The maximum absolute atomic E-state index is 14.5. The Labute approximate surface area is 350 Å². The fourth-order valence-corrected chi connectivity index (χ4v) is 7.01. The van der Waals surface area contributed by atoms with Gasteiger partial charge in [-0.1, -0.05) is 54.9 Å². The van der Waals surface area contributed by atoms with Crippen molar-refractivity contribution in [1.82, 2.24) is 15.1 Å². The summed E-state index contributed by atoms with van der Waals surface area (Å²) < 4.78 is 34.2. The predicted octanol–water partition coefficient (Wildman–Crippen LogP) is 7.80. The van der Waals surface area contributed by atoms with Crippen molar-refractivity contribution in [2.45, 2.75) is 65.3 Å². The molecule has 4 aromatic rings. The van der Waals surface area contributed by atoms with Crippen LogP contribution in [-0.2, 0) is 33.9 Å². The highest BCUT2D eigenvalue weighted by atomic mass is 35.5. The summed E-state index contributed by atoms with van der Waals surface area (Å²) in [4.78, 5) is 59.0. The third-order valence-electron chi connectivity index (χ3n) is 9.79. The average molecular weight is 830 g/mol. The molecule has 314 valence electrons. The topological polar surface area (TPSA) is 142 Å². The van der Waals surface area contributed by atoms with Gasteiger partial charge in [-0.15, -0.1) is 0 Å². The van der Waals surface area contributed by atoms with Crippen LogP contribution in [0.15, 0.2) is 78.9 Å². The Hall–Kier alpha value is -5.95. The maximum Gasteiger partial charge on any atom is 0.342 e. The first-order chi connectivity index (χ1) is 28.2. The molecule has 1 heterocycles. The number of amides is 4. The zero-order valence-corrected chi connectivity index (χ0v) is 35.5. The Kier molecular flexibility index (Phi) is 14.7. The van der Waals surface area contributed by atoms with Gasteiger partial charge in [-0.2, -0.15) is 0 Å².